The summed E-state index contributed by atoms with van der Waals surface area (Å²) in [5, 5.41) is 0.955. The lowest BCUT2D eigenvalue weighted by atomic mass is 10.1. The van der Waals surface area contributed by atoms with Crippen LogP contribution in [0, 0.1) is 5.82 Å². The summed E-state index contributed by atoms with van der Waals surface area (Å²) in [5.41, 5.74) is 0. The van der Waals surface area contributed by atoms with E-state index in [1.165, 1.54) is 30.4 Å². The maximum absolute atomic E-state index is 13.6. The first kappa shape index (κ1) is 13.9. The molecule has 0 spiro atoms. The van der Waals surface area contributed by atoms with E-state index in [-0.39, 0.29) is 12.0 Å². The van der Waals surface area contributed by atoms with E-state index >= 15 is 0 Å². The molecule has 1 aliphatic heterocycles. The van der Waals surface area contributed by atoms with Crippen molar-refractivity contribution in [2.75, 3.05) is 18.0 Å². The van der Waals surface area contributed by atoms with Crippen molar-refractivity contribution in [2.45, 2.75) is 37.7 Å². The molecule has 5 nitrogen and oxygen atoms in total. The molecular weight excluding hydrogens is 303 g/mol. The Balaban J connectivity index is 1.43. The molecule has 1 atom stereocenters. The molecule has 4 rings (SSSR count). The molecule has 2 aliphatic rings. The lowest BCUT2D eigenvalue weighted by Crippen LogP contribution is -2.41. The van der Waals surface area contributed by atoms with Gasteiger partial charge in [0, 0.05) is 30.2 Å². The first-order valence-electron chi connectivity index (χ1n) is 7.65. The third-order valence-corrected chi connectivity index (χ3v) is 4.82. The molecular formula is C15H17FN4OS. The summed E-state index contributed by atoms with van der Waals surface area (Å²) in [7, 11) is 0. The Labute approximate surface area is 132 Å². The van der Waals surface area contributed by atoms with Crippen molar-refractivity contribution < 1.29 is 9.13 Å². The van der Waals surface area contributed by atoms with E-state index in [1.54, 1.807) is 12.3 Å². The summed E-state index contributed by atoms with van der Waals surface area (Å²) in [6.45, 7) is 1.65. The molecule has 1 saturated carbocycles. The Kier molecular flexibility index (Phi) is 3.65. The summed E-state index contributed by atoms with van der Waals surface area (Å²) in [6, 6.07) is 2.94. The molecule has 2 aromatic rings. The Morgan fingerprint density at radius 1 is 1.32 bits per heavy atom. The minimum absolute atomic E-state index is 0.0635. The van der Waals surface area contributed by atoms with Crippen molar-refractivity contribution in [1.29, 1.82) is 0 Å². The van der Waals surface area contributed by atoms with Crippen LogP contribution in [0.4, 0.5) is 9.52 Å². The van der Waals surface area contributed by atoms with E-state index < -0.39 is 5.82 Å². The van der Waals surface area contributed by atoms with Crippen molar-refractivity contribution >= 4 is 16.7 Å². The van der Waals surface area contributed by atoms with Crippen LogP contribution in [0.25, 0.3) is 0 Å². The van der Waals surface area contributed by atoms with E-state index in [0.29, 0.717) is 12.5 Å². The minimum Gasteiger partial charge on any atom is -0.470 e. The number of hydrogen-bond acceptors (Lipinski definition) is 6. The smallest absolute Gasteiger partial charge is 0.250 e. The average Bonchev–Trinajstić information content (AvgIpc) is 3.27. The standard InChI is InChI=1S/C15H17FN4OS/c16-12-4-1-7-17-14(12)21-11-3-2-8-20(9-11)15-18-13(19-22-15)10-5-6-10/h1,4,7,10-11H,2-3,5-6,8-9H2. The number of halogens is 1. The van der Waals surface area contributed by atoms with Crippen LogP contribution < -0.4 is 9.64 Å². The zero-order chi connectivity index (χ0) is 14.9. The van der Waals surface area contributed by atoms with Gasteiger partial charge >= 0.3 is 0 Å². The molecule has 0 radical (unpaired) electrons. The molecule has 0 bridgehead atoms. The van der Waals surface area contributed by atoms with E-state index in [2.05, 4.69) is 19.2 Å². The van der Waals surface area contributed by atoms with Gasteiger partial charge in [-0.05, 0) is 37.8 Å². The highest BCUT2D eigenvalue weighted by atomic mass is 32.1. The van der Waals surface area contributed by atoms with Crippen LogP contribution in [0.5, 0.6) is 5.88 Å². The number of piperidine rings is 1. The molecule has 1 saturated heterocycles. The van der Waals surface area contributed by atoms with Gasteiger partial charge < -0.3 is 9.64 Å². The summed E-state index contributed by atoms with van der Waals surface area (Å²) < 4.78 is 23.8. The van der Waals surface area contributed by atoms with Crippen LogP contribution in [0.2, 0.25) is 0 Å². The fourth-order valence-electron chi connectivity index (χ4n) is 2.69. The summed E-state index contributed by atoms with van der Waals surface area (Å²) in [5.74, 6) is 1.24. The van der Waals surface area contributed by atoms with Crippen LogP contribution in [-0.2, 0) is 0 Å². The van der Waals surface area contributed by atoms with Gasteiger partial charge in [-0.3, -0.25) is 0 Å². The zero-order valence-corrected chi connectivity index (χ0v) is 12.9. The molecule has 22 heavy (non-hydrogen) atoms. The molecule has 1 aliphatic carbocycles. The second-order valence-corrected chi connectivity index (χ2v) is 6.56. The molecule has 116 valence electrons. The molecule has 2 fully saturated rings. The fourth-order valence-corrected chi connectivity index (χ4v) is 3.47. The molecule has 1 unspecified atom stereocenters. The number of anilines is 1. The topological polar surface area (TPSA) is 51.1 Å². The molecule has 0 amide bonds. The maximum Gasteiger partial charge on any atom is 0.250 e. The van der Waals surface area contributed by atoms with E-state index in [0.717, 1.165) is 30.3 Å². The molecule has 0 aromatic carbocycles. The van der Waals surface area contributed by atoms with Crippen LogP contribution >= 0.6 is 11.5 Å². The lowest BCUT2D eigenvalue weighted by Gasteiger charge is -2.32. The maximum atomic E-state index is 13.6. The van der Waals surface area contributed by atoms with Crippen molar-refractivity contribution in [1.82, 2.24) is 14.3 Å². The Hall–Kier alpha value is -1.76. The summed E-state index contributed by atoms with van der Waals surface area (Å²) >= 11 is 1.46. The number of aromatic nitrogens is 3. The number of nitrogens with zero attached hydrogens (tertiary/aromatic N) is 4. The highest BCUT2D eigenvalue weighted by Crippen LogP contribution is 2.40. The van der Waals surface area contributed by atoms with Gasteiger partial charge in [0.05, 0.1) is 6.54 Å². The summed E-state index contributed by atoms with van der Waals surface area (Å²) in [4.78, 5) is 10.8. The van der Waals surface area contributed by atoms with Crippen LogP contribution in [-0.4, -0.2) is 33.5 Å². The van der Waals surface area contributed by atoms with Crippen molar-refractivity contribution in [3.63, 3.8) is 0 Å². The predicted octanol–water partition coefficient (Wildman–Crippen LogP) is 3.00. The van der Waals surface area contributed by atoms with Gasteiger partial charge in [-0.2, -0.15) is 4.37 Å². The Morgan fingerprint density at radius 3 is 3.05 bits per heavy atom. The Bertz CT molecular complexity index is 660. The van der Waals surface area contributed by atoms with Crippen LogP contribution in [0.3, 0.4) is 0 Å². The average molecular weight is 320 g/mol. The van der Waals surface area contributed by atoms with Crippen molar-refractivity contribution in [2.24, 2.45) is 0 Å². The van der Waals surface area contributed by atoms with Gasteiger partial charge in [-0.25, -0.2) is 14.4 Å². The normalized spacial score (nSPS) is 21.9. The highest BCUT2D eigenvalue weighted by Gasteiger charge is 2.30. The number of rotatable bonds is 4. The molecule has 7 heteroatoms. The largest absolute Gasteiger partial charge is 0.470 e. The van der Waals surface area contributed by atoms with Gasteiger partial charge in [0.1, 0.15) is 11.9 Å². The van der Waals surface area contributed by atoms with Crippen LogP contribution in [0.1, 0.15) is 37.4 Å². The summed E-state index contributed by atoms with van der Waals surface area (Å²) in [6.07, 6.45) is 5.80. The van der Waals surface area contributed by atoms with E-state index in [1.807, 2.05) is 0 Å². The van der Waals surface area contributed by atoms with Crippen molar-refractivity contribution in [3.05, 3.63) is 30.0 Å². The fraction of sp³-hybridized carbons (Fsp3) is 0.533. The second kappa shape index (κ2) is 5.79. The zero-order valence-electron chi connectivity index (χ0n) is 12.1. The van der Waals surface area contributed by atoms with Gasteiger partial charge in [0.15, 0.2) is 5.82 Å². The number of hydrogen-bond donors (Lipinski definition) is 0. The monoisotopic (exact) mass is 320 g/mol. The van der Waals surface area contributed by atoms with Gasteiger partial charge in [0.25, 0.3) is 5.88 Å². The lowest BCUT2D eigenvalue weighted by molar-refractivity contribution is 0.164. The van der Waals surface area contributed by atoms with Crippen molar-refractivity contribution in [3.8, 4) is 5.88 Å². The van der Waals surface area contributed by atoms with Gasteiger partial charge in [-0.1, -0.05) is 0 Å². The Morgan fingerprint density at radius 2 is 2.23 bits per heavy atom. The SMILES string of the molecule is Fc1cccnc1OC1CCCN(c2nc(C3CC3)ns2)C1. The number of pyridine rings is 1. The van der Waals surface area contributed by atoms with E-state index in [4.69, 9.17) is 4.74 Å². The van der Waals surface area contributed by atoms with E-state index in [9.17, 15) is 4.39 Å². The quantitative estimate of drug-likeness (QED) is 0.867. The highest BCUT2D eigenvalue weighted by molar-refractivity contribution is 7.09. The molecule has 3 heterocycles. The minimum atomic E-state index is -0.411. The second-order valence-electron chi connectivity index (χ2n) is 5.83. The van der Waals surface area contributed by atoms with Gasteiger partial charge in [0.2, 0.25) is 5.13 Å². The third kappa shape index (κ3) is 2.90. The molecule has 0 N–H and O–H groups in total. The van der Waals surface area contributed by atoms with Crippen LogP contribution in [0.15, 0.2) is 18.3 Å². The first-order valence-corrected chi connectivity index (χ1v) is 8.42. The third-order valence-electron chi connectivity index (χ3n) is 4.03. The molecule has 2 aromatic heterocycles. The first-order chi connectivity index (χ1) is 10.8. The van der Waals surface area contributed by atoms with Gasteiger partial charge in [-0.15, -0.1) is 0 Å². The predicted molar refractivity (Wildman–Crippen MR) is 81.9 cm³/mol. The number of ether oxygens (including phenoxy) is 1.